The molecule has 0 saturated carbocycles. The van der Waals surface area contributed by atoms with E-state index in [0.717, 1.165) is 0 Å². The van der Waals surface area contributed by atoms with Crippen LogP contribution in [0.1, 0.15) is 5.56 Å². The molecule has 4 unspecified atom stereocenters. The molecule has 2 N–H and O–H groups in total. The molecule has 104 valence electrons. The summed E-state index contributed by atoms with van der Waals surface area (Å²) in [4.78, 5) is 4.14. The van der Waals surface area contributed by atoms with Gasteiger partial charge in [0.25, 0.3) is 0 Å². The van der Waals surface area contributed by atoms with Crippen molar-refractivity contribution < 1.29 is 0 Å². The average molecular weight is 295 g/mol. The minimum absolute atomic E-state index is 0.0500. The Hall–Kier alpha value is -2.28. The number of hydrogen-bond acceptors (Lipinski definition) is 6. The Balaban J connectivity index is 1.71. The van der Waals surface area contributed by atoms with E-state index in [-0.39, 0.29) is 17.2 Å². The molecule has 21 heavy (non-hydrogen) atoms. The first-order valence-electron chi connectivity index (χ1n) is 6.60. The molecule has 1 aromatic heterocycles. The molecule has 2 heterocycles. The second-order valence-electron chi connectivity index (χ2n) is 4.80. The Bertz CT molecular complexity index is 669. The molecule has 0 spiro atoms. The van der Waals surface area contributed by atoms with Gasteiger partial charge in [-0.1, -0.05) is 24.3 Å². The topological polar surface area (TPSA) is 84.5 Å². The number of nitrogens with one attached hydrogen (secondary N) is 2. The molecular weight excluding hydrogens is 282 g/mol. The minimum atomic E-state index is -0.122. The van der Waals surface area contributed by atoms with Crippen LogP contribution in [0.5, 0.6) is 0 Å². The van der Waals surface area contributed by atoms with Crippen molar-refractivity contribution in [3.63, 3.8) is 0 Å². The summed E-state index contributed by atoms with van der Waals surface area (Å²) in [5.74, 6) is 0.588. The largest absolute Gasteiger partial charge is 0.304 e. The summed E-state index contributed by atoms with van der Waals surface area (Å²) in [5, 5.41) is 18.7. The normalized spacial score (nSPS) is 29.4. The number of hydrogen-bond donors (Lipinski definition) is 2. The van der Waals surface area contributed by atoms with Gasteiger partial charge in [0.15, 0.2) is 5.82 Å². The Morgan fingerprint density at radius 1 is 1.24 bits per heavy atom. The first-order chi connectivity index (χ1) is 10.3. The summed E-state index contributed by atoms with van der Waals surface area (Å²) in [7, 11) is 0. The Morgan fingerprint density at radius 3 is 2.90 bits per heavy atom. The van der Waals surface area contributed by atoms with Crippen LogP contribution in [0.25, 0.3) is 0 Å². The molecule has 4 atom stereocenters. The monoisotopic (exact) mass is 295 g/mol. The maximum atomic E-state index is 9.42. The molecule has 1 aromatic rings. The number of thioether (sulfide) groups is 1. The van der Waals surface area contributed by atoms with E-state index < -0.39 is 0 Å². The first kappa shape index (κ1) is 13.7. The SMILES string of the molecule is N#Cc1cccnc1NNC1SC2C=CC=CC2C1C#N. The highest BCUT2D eigenvalue weighted by Gasteiger charge is 2.42. The lowest BCUT2D eigenvalue weighted by Crippen LogP contribution is -2.36. The highest BCUT2D eigenvalue weighted by Crippen LogP contribution is 2.44. The van der Waals surface area contributed by atoms with E-state index in [9.17, 15) is 5.26 Å². The van der Waals surface area contributed by atoms with E-state index in [2.05, 4.69) is 40.1 Å². The highest BCUT2D eigenvalue weighted by molar-refractivity contribution is 8.00. The maximum Gasteiger partial charge on any atom is 0.158 e. The van der Waals surface area contributed by atoms with E-state index in [1.54, 1.807) is 30.1 Å². The molecule has 1 aliphatic heterocycles. The van der Waals surface area contributed by atoms with E-state index in [1.165, 1.54) is 0 Å². The van der Waals surface area contributed by atoms with Gasteiger partial charge in [0.2, 0.25) is 0 Å². The quantitative estimate of drug-likeness (QED) is 0.832. The number of pyridine rings is 1. The zero-order chi connectivity index (χ0) is 14.7. The van der Waals surface area contributed by atoms with Gasteiger partial charge in [-0.25, -0.2) is 10.4 Å². The molecule has 0 aromatic carbocycles. The van der Waals surface area contributed by atoms with Crippen LogP contribution in [0, 0.1) is 34.5 Å². The van der Waals surface area contributed by atoms with Crippen molar-refractivity contribution in [3.05, 3.63) is 48.2 Å². The van der Waals surface area contributed by atoms with Crippen LogP contribution in [0.4, 0.5) is 5.82 Å². The van der Waals surface area contributed by atoms with Crippen molar-refractivity contribution in [1.29, 1.82) is 10.5 Å². The zero-order valence-electron chi connectivity index (χ0n) is 11.1. The van der Waals surface area contributed by atoms with Gasteiger partial charge >= 0.3 is 0 Å². The van der Waals surface area contributed by atoms with E-state index >= 15 is 0 Å². The van der Waals surface area contributed by atoms with E-state index in [0.29, 0.717) is 16.6 Å². The molecule has 3 rings (SSSR count). The maximum absolute atomic E-state index is 9.42. The molecule has 0 amide bonds. The Labute approximate surface area is 127 Å². The molecule has 0 bridgehead atoms. The van der Waals surface area contributed by atoms with Crippen LogP contribution in [0.2, 0.25) is 0 Å². The van der Waals surface area contributed by atoms with E-state index in [4.69, 9.17) is 5.26 Å². The van der Waals surface area contributed by atoms with Gasteiger partial charge in [0, 0.05) is 17.4 Å². The van der Waals surface area contributed by atoms with Gasteiger partial charge in [0.05, 0.1) is 22.9 Å². The second kappa shape index (κ2) is 6.01. The number of fused-ring (bicyclic) bond motifs is 1. The van der Waals surface area contributed by atoms with Gasteiger partial charge < -0.3 is 5.43 Å². The number of hydrazine groups is 1. The van der Waals surface area contributed by atoms with Crippen molar-refractivity contribution in [1.82, 2.24) is 10.4 Å². The predicted octanol–water partition coefficient (Wildman–Crippen LogP) is 2.19. The number of nitriles is 2. The minimum Gasteiger partial charge on any atom is -0.304 e. The number of rotatable bonds is 3. The van der Waals surface area contributed by atoms with Crippen LogP contribution >= 0.6 is 11.8 Å². The number of anilines is 1. The summed E-state index contributed by atoms with van der Waals surface area (Å²) in [6.45, 7) is 0. The summed E-state index contributed by atoms with van der Waals surface area (Å²) in [5.41, 5.74) is 6.59. The van der Waals surface area contributed by atoms with Crippen LogP contribution in [-0.2, 0) is 0 Å². The Kier molecular flexibility index (Phi) is 3.92. The predicted molar refractivity (Wildman–Crippen MR) is 81.8 cm³/mol. The summed E-state index contributed by atoms with van der Waals surface area (Å²) >= 11 is 1.72. The molecular formula is C15H13N5S. The highest BCUT2D eigenvalue weighted by atomic mass is 32.2. The van der Waals surface area contributed by atoms with Crippen molar-refractivity contribution in [2.24, 2.45) is 11.8 Å². The first-order valence-corrected chi connectivity index (χ1v) is 7.54. The second-order valence-corrected chi connectivity index (χ2v) is 6.13. The molecule has 5 nitrogen and oxygen atoms in total. The van der Waals surface area contributed by atoms with Crippen molar-refractivity contribution in [2.45, 2.75) is 10.6 Å². The molecule has 1 fully saturated rings. The third-order valence-electron chi connectivity index (χ3n) is 3.58. The average Bonchev–Trinajstić information content (AvgIpc) is 2.90. The molecule has 2 aliphatic rings. The Morgan fingerprint density at radius 2 is 2.10 bits per heavy atom. The van der Waals surface area contributed by atoms with Gasteiger partial charge in [-0.05, 0) is 12.1 Å². The van der Waals surface area contributed by atoms with Crippen LogP contribution in [-0.4, -0.2) is 15.6 Å². The number of aromatic nitrogens is 1. The van der Waals surface area contributed by atoms with Crippen LogP contribution < -0.4 is 10.9 Å². The van der Waals surface area contributed by atoms with Gasteiger partial charge in [-0.15, -0.1) is 11.8 Å². The lowest BCUT2D eigenvalue weighted by atomic mass is 9.88. The van der Waals surface area contributed by atoms with Crippen molar-refractivity contribution in [2.75, 3.05) is 5.43 Å². The smallest absolute Gasteiger partial charge is 0.158 e. The van der Waals surface area contributed by atoms with Gasteiger partial charge in [-0.3, -0.25) is 0 Å². The summed E-state index contributed by atoms with van der Waals surface area (Å²) in [6, 6.07) is 7.89. The van der Waals surface area contributed by atoms with Crippen molar-refractivity contribution >= 4 is 17.6 Å². The fraction of sp³-hybridized carbons (Fsp3) is 0.267. The number of allylic oxidation sites excluding steroid dienone is 3. The fourth-order valence-corrected chi connectivity index (χ4v) is 4.03. The number of nitrogens with zero attached hydrogens (tertiary/aromatic N) is 3. The van der Waals surface area contributed by atoms with E-state index in [1.807, 2.05) is 12.2 Å². The van der Waals surface area contributed by atoms with Crippen LogP contribution in [0.15, 0.2) is 42.6 Å². The van der Waals surface area contributed by atoms with Crippen LogP contribution in [0.3, 0.4) is 0 Å². The van der Waals surface area contributed by atoms with Gasteiger partial charge in [0.1, 0.15) is 6.07 Å². The van der Waals surface area contributed by atoms with Crippen molar-refractivity contribution in [3.8, 4) is 12.1 Å². The summed E-state index contributed by atoms with van der Waals surface area (Å²) < 4.78 is 0. The van der Waals surface area contributed by atoms with Gasteiger partial charge in [-0.2, -0.15) is 10.5 Å². The summed E-state index contributed by atoms with van der Waals surface area (Å²) in [6.07, 6.45) is 9.86. The molecule has 1 aliphatic carbocycles. The fourth-order valence-electron chi connectivity index (χ4n) is 2.53. The lowest BCUT2D eigenvalue weighted by Gasteiger charge is -2.18. The third kappa shape index (κ3) is 2.64. The molecule has 0 radical (unpaired) electrons. The lowest BCUT2D eigenvalue weighted by molar-refractivity contribution is 0.480. The zero-order valence-corrected chi connectivity index (χ0v) is 11.9. The third-order valence-corrected chi connectivity index (χ3v) is 5.07. The molecule has 6 heteroatoms. The standard InChI is InChI=1S/C15H13N5S/c16-8-10-4-3-7-18-14(10)19-20-15-12(9-17)11-5-1-2-6-13(11)21-15/h1-7,11-13,15,20H,(H,18,19). The molecule has 1 saturated heterocycles.